The van der Waals surface area contributed by atoms with Crippen molar-refractivity contribution < 1.29 is 5.11 Å². The molecule has 0 fully saturated rings. The minimum Gasteiger partial charge on any atom is -0.381 e. The number of nitrogens with zero attached hydrogens (tertiary/aromatic N) is 3. The molecule has 3 aromatic rings. The van der Waals surface area contributed by atoms with Crippen molar-refractivity contribution in [3.05, 3.63) is 63.5 Å². The summed E-state index contributed by atoms with van der Waals surface area (Å²) in [5, 5.41) is 22.6. The molecular weight excluding hydrogens is 367 g/mol. The molecule has 0 aliphatic carbocycles. The largest absolute Gasteiger partial charge is 0.381 e. The molecule has 0 aliphatic heterocycles. The van der Waals surface area contributed by atoms with Crippen LogP contribution in [0.5, 0.6) is 0 Å². The van der Waals surface area contributed by atoms with Gasteiger partial charge in [-0.25, -0.2) is 9.67 Å². The molecule has 5 nitrogen and oxygen atoms in total. The standard InChI is InChI=1S/C16H16Cl2N4OS/c1-11-4-15(24-6-11)20-7-16(23,8-22-10-19-9-21-22)13-3-2-12(17)5-14(13)18/h2-6,9-10,20,23H,7-8H2,1H3. The van der Waals surface area contributed by atoms with Crippen LogP contribution in [-0.2, 0) is 12.1 Å². The smallest absolute Gasteiger partial charge is 0.137 e. The number of aryl methyl sites for hydroxylation is 1. The Bertz CT molecular complexity index is 821. The number of aliphatic hydroxyl groups is 1. The Kier molecular flexibility index (Phi) is 5.10. The second-order valence-electron chi connectivity index (χ2n) is 5.59. The second-order valence-corrected chi connectivity index (χ2v) is 7.35. The lowest BCUT2D eigenvalue weighted by Gasteiger charge is -2.30. The van der Waals surface area contributed by atoms with Gasteiger partial charge in [0.1, 0.15) is 18.3 Å². The van der Waals surface area contributed by atoms with Crippen molar-refractivity contribution in [3.8, 4) is 0 Å². The number of nitrogens with one attached hydrogen (secondary N) is 1. The molecule has 2 N–H and O–H groups in total. The van der Waals surface area contributed by atoms with Gasteiger partial charge in [-0.3, -0.25) is 0 Å². The van der Waals surface area contributed by atoms with Gasteiger partial charge in [0.25, 0.3) is 0 Å². The molecule has 3 rings (SSSR count). The van der Waals surface area contributed by atoms with E-state index in [0.29, 0.717) is 15.6 Å². The lowest BCUT2D eigenvalue weighted by molar-refractivity contribution is 0.0284. The number of hydrogen-bond donors (Lipinski definition) is 2. The molecule has 8 heteroatoms. The normalized spacial score (nSPS) is 13.7. The number of anilines is 1. The summed E-state index contributed by atoms with van der Waals surface area (Å²) in [6, 6.07) is 7.11. The van der Waals surface area contributed by atoms with Gasteiger partial charge >= 0.3 is 0 Å². The third-order valence-corrected chi connectivity index (χ3v) is 5.16. The van der Waals surface area contributed by atoms with Crippen molar-refractivity contribution in [1.82, 2.24) is 14.8 Å². The van der Waals surface area contributed by atoms with E-state index in [1.54, 1.807) is 40.5 Å². The monoisotopic (exact) mass is 382 g/mol. The number of thiophene rings is 1. The Morgan fingerprint density at radius 1 is 1.33 bits per heavy atom. The molecule has 0 amide bonds. The molecular formula is C16H16Cl2N4OS. The van der Waals surface area contributed by atoms with Crippen LogP contribution in [0.2, 0.25) is 10.0 Å². The molecule has 1 unspecified atom stereocenters. The summed E-state index contributed by atoms with van der Waals surface area (Å²) in [5.41, 5.74) is 0.490. The fourth-order valence-corrected chi connectivity index (χ4v) is 3.82. The van der Waals surface area contributed by atoms with Crippen LogP contribution in [0.4, 0.5) is 5.00 Å². The van der Waals surface area contributed by atoms with E-state index in [4.69, 9.17) is 23.2 Å². The maximum absolute atomic E-state index is 11.3. The molecule has 0 bridgehead atoms. The number of hydrogen-bond acceptors (Lipinski definition) is 5. The quantitative estimate of drug-likeness (QED) is 0.677. The summed E-state index contributed by atoms with van der Waals surface area (Å²) >= 11 is 13.9. The van der Waals surface area contributed by atoms with Gasteiger partial charge in [0.15, 0.2) is 0 Å². The molecule has 2 aromatic heterocycles. The van der Waals surface area contributed by atoms with Crippen molar-refractivity contribution in [2.45, 2.75) is 19.1 Å². The van der Waals surface area contributed by atoms with Crippen LogP contribution in [0, 0.1) is 6.92 Å². The van der Waals surface area contributed by atoms with E-state index in [1.165, 1.54) is 11.9 Å². The first-order valence-electron chi connectivity index (χ1n) is 7.26. The van der Waals surface area contributed by atoms with Crippen molar-refractivity contribution >= 4 is 39.5 Å². The Balaban J connectivity index is 1.90. The summed E-state index contributed by atoms with van der Waals surface area (Å²) in [5.74, 6) is 0. The van der Waals surface area contributed by atoms with Crippen LogP contribution in [0.1, 0.15) is 11.1 Å². The SMILES string of the molecule is Cc1csc(NCC(O)(Cn2cncn2)c2ccc(Cl)cc2Cl)c1. The zero-order valence-corrected chi connectivity index (χ0v) is 15.2. The van der Waals surface area contributed by atoms with E-state index in [1.807, 2.05) is 18.4 Å². The van der Waals surface area contributed by atoms with Crippen LogP contribution in [0.25, 0.3) is 0 Å². The second kappa shape index (κ2) is 7.11. The first-order valence-corrected chi connectivity index (χ1v) is 8.89. The predicted molar refractivity (Wildman–Crippen MR) is 97.9 cm³/mol. The fourth-order valence-electron chi connectivity index (χ4n) is 2.44. The van der Waals surface area contributed by atoms with Crippen molar-refractivity contribution in [2.24, 2.45) is 0 Å². The summed E-state index contributed by atoms with van der Waals surface area (Å²) in [4.78, 5) is 3.93. The van der Waals surface area contributed by atoms with Gasteiger partial charge in [-0.15, -0.1) is 11.3 Å². The van der Waals surface area contributed by atoms with E-state index in [9.17, 15) is 5.11 Å². The summed E-state index contributed by atoms with van der Waals surface area (Å²) in [6.45, 7) is 2.51. The third-order valence-electron chi connectivity index (χ3n) is 3.61. The van der Waals surface area contributed by atoms with E-state index in [0.717, 1.165) is 5.00 Å². The minimum atomic E-state index is -1.27. The van der Waals surface area contributed by atoms with Crippen LogP contribution >= 0.6 is 34.5 Å². The molecule has 0 saturated carbocycles. The topological polar surface area (TPSA) is 63.0 Å². The lowest BCUT2D eigenvalue weighted by atomic mass is 9.93. The summed E-state index contributed by atoms with van der Waals surface area (Å²) in [7, 11) is 0. The molecule has 24 heavy (non-hydrogen) atoms. The molecule has 2 heterocycles. The third kappa shape index (κ3) is 3.89. The van der Waals surface area contributed by atoms with Gasteiger partial charge in [-0.2, -0.15) is 5.10 Å². The zero-order valence-electron chi connectivity index (χ0n) is 12.9. The highest BCUT2D eigenvalue weighted by molar-refractivity contribution is 7.14. The van der Waals surface area contributed by atoms with Crippen LogP contribution in [0.15, 0.2) is 42.3 Å². The Labute approximate surface area is 153 Å². The van der Waals surface area contributed by atoms with Gasteiger partial charge in [-0.05, 0) is 36.1 Å². The molecule has 0 aliphatic rings. The van der Waals surface area contributed by atoms with Crippen LogP contribution < -0.4 is 5.32 Å². The van der Waals surface area contributed by atoms with Gasteiger partial charge in [0.2, 0.25) is 0 Å². The Morgan fingerprint density at radius 2 is 2.17 bits per heavy atom. The van der Waals surface area contributed by atoms with Gasteiger partial charge < -0.3 is 10.4 Å². The molecule has 126 valence electrons. The van der Waals surface area contributed by atoms with Crippen LogP contribution in [0.3, 0.4) is 0 Å². The highest BCUT2D eigenvalue weighted by Gasteiger charge is 2.32. The first kappa shape index (κ1) is 17.2. The minimum absolute atomic E-state index is 0.214. The molecule has 0 saturated heterocycles. The first-order chi connectivity index (χ1) is 11.5. The molecule has 1 aromatic carbocycles. The van der Waals surface area contributed by atoms with Crippen molar-refractivity contribution in [1.29, 1.82) is 0 Å². The lowest BCUT2D eigenvalue weighted by Crippen LogP contribution is -2.39. The number of rotatable bonds is 6. The zero-order chi connectivity index (χ0) is 17.2. The summed E-state index contributed by atoms with van der Waals surface area (Å²) in [6.07, 6.45) is 2.99. The number of halogens is 2. The van der Waals surface area contributed by atoms with E-state index >= 15 is 0 Å². The molecule has 0 radical (unpaired) electrons. The average molecular weight is 383 g/mol. The van der Waals surface area contributed by atoms with Crippen LogP contribution in [-0.4, -0.2) is 26.4 Å². The molecule has 0 spiro atoms. The maximum Gasteiger partial charge on any atom is 0.137 e. The van der Waals surface area contributed by atoms with E-state index < -0.39 is 5.60 Å². The highest BCUT2D eigenvalue weighted by atomic mass is 35.5. The van der Waals surface area contributed by atoms with Crippen molar-refractivity contribution in [3.63, 3.8) is 0 Å². The van der Waals surface area contributed by atoms with E-state index in [2.05, 4.69) is 15.4 Å². The number of aromatic nitrogens is 3. The summed E-state index contributed by atoms with van der Waals surface area (Å²) < 4.78 is 1.58. The fraction of sp³-hybridized carbons (Fsp3) is 0.250. The number of benzene rings is 1. The maximum atomic E-state index is 11.3. The highest BCUT2D eigenvalue weighted by Crippen LogP contribution is 2.33. The Hall–Kier alpha value is -1.60. The van der Waals surface area contributed by atoms with Crippen molar-refractivity contribution in [2.75, 3.05) is 11.9 Å². The van der Waals surface area contributed by atoms with E-state index in [-0.39, 0.29) is 13.1 Å². The predicted octanol–water partition coefficient (Wildman–Crippen LogP) is 3.95. The van der Waals surface area contributed by atoms with Gasteiger partial charge in [0, 0.05) is 15.6 Å². The Morgan fingerprint density at radius 3 is 2.79 bits per heavy atom. The molecule has 1 atom stereocenters. The van der Waals surface area contributed by atoms with Gasteiger partial charge in [-0.1, -0.05) is 29.3 Å². The average Bonchev–Trinajstić information content (AvgIpc) is 3.16. The van der Waals surface area contributed by atoms with Gasteiger partial charge in [0.05, 0.1) is 18.1 Å².